The van der Waals surface area contributed by atoms with Crippen molar-refractivity contribution in [2.75, 3.05) is 13.2 Å². The molecule has 1 aromatic rings. The van der Waals surface area contributed by atoms with E-state index in [-0.39, 0.29) is 24.3 Å². The zero-order valence-corrected chi connectivity index (χ0v) is 10.1. The van der Waals surface area contributed by atoms with Gasteiger partial charge in [0.2, 0.25) is 0 Å². The molecule has 18 heavy (non-hydrogen) atoms. The fraction of sp³-hybridized carbons (Fsp3) is 0.462. The van der Waals surface area contributed by atoms with Crippen LogP contribution in [0.1, 0.15) is 12.8 Å². The van der Waals surface area contributed by atoms with E-state index in [1.54, 1.807) is 12.1 Å². The summed E-state index contributed by atoms with van der Waals surface area (Å²) in [6.07, 6.45) is 2.34. The Bertz CT molecular complexity index is 401. The third kappa shape index (κ3) is 3.92. The number of benzene rings is 1. The summed E-state index contributed by atoms with van der Waals surface area (Å²) in [7, 11) is 0. The van der Waals surface area contributed by atoms with E-state index in [1.165, 1.54) is 25.0 Å². The summed E-state index contributed by atoms with van der Waals surface area (Å²) < 4.78 is 5.27. The smallest absolute Gasteiger partial charge is 0.257 e. The van der Waals surface area contributed by atoms with Gasteiger partial charge in [0.25, 0.3) is 5.91 Å². The second kappa shape index (κ2) is 5.73. The monoisotopic (exact) mass is 250 g/mol. The maximum absolute atomic E-state index is 11.5. The molecule has 0 bridgehead atoms. The van der Waals surface area contributed by atoms with Gasteiger partial charge in [0, 0.05) is 12.6 Å². The Morgan fingerprint density at radius 3 is 2.72 bits per heavy atom. The standard InChI is InChI=1S/C13H18N2O3/c14-12(9-1-2-9)7-15-13(17)8-18-11-5-3-10(16)4-6-11/h3-6,9,12,16H,1-2,7-8,14H2,(H,15,17). The first-order valence-electron chi connectivity index (χ1n) is 6.09. The summed E-state index contributed by atoms with van der Waals surface area (Å²) in [4.78, 5) is 11.5. The molecular weight excluding hydrogens is 232 g/mol. The van der Waals surface area contributed by atoms with Gasteiger partial charge in [0.05, 0.1) is 0 Å². The minimum absolute atomic E-state index is 0.0395. The van der Waals surface area contributed by atoms with Crippen molar-refractivity contribution in [2.45, 2.75) is 18.9 Å². The van der Waals surface area contributed by atoms with Crippen molar-refractivity contribution in [3.05, 3.63) is 24.3 Å². The van der Waals surface area contributed by atoms with Gasteiger partial charge in [-0.2, -0.15) is 0 Å². The molecule has 0 spiro atoms. The lowest BCUT2D eigenvalue weighted by Gasteiger charge is -2.12. The molecule has 1 aliphatic carbocycles. The third-order valence-corrected chi connectivity index (χ3v) is 2.97. The Morgan fingerprint density at radius 1 is 1.44 bits per heavy atom. The highest BCUT2D eigenvalue weighted by molar-refractivity contribution is 5.77. The minimum atomic E-state index is -0.181. The van der Waals surface area contributed by atoms with E-state index in [4.69, 9.17) is 15.6 Å². The summed E-state index contributed by atoms with van der Waals surface area (Å²) in [5, 5.41) is 11.8. The van der Waals surface area contributed by atoms with E-state index in [2.05, 4.69) is 5.32 Å². The van der Waals surface area contributed by atoms with Gasteiger partial charge >= 0.3 is 0 Å². The third-order valence-electron chi connectivity index (χ3n) is 2.97. The quantitative estimate of drug-likeness (QED) is 0.691. The molecule has 1 amide bonds. The van der Waals surface area contributed by atoms with Gasteiger partial charge in [-0.05, 0) is 43.0 Å². The van der Waals surface area contributed by atoms with Crippen molar-refractivity contribution in [3.8, 4) is 11.5 Å². The topological polar surface area (TPSA) is 84.6 Å². The molecule has 0 aromatic heterocycles. The second-order valence-electron chi connectivity index (χ2n) is 4.59. The molecule has 1 saturated carbocycles. The molecule has 1 aromatic carbocycles. The first-order chi connectivity index (χ1) is 8.65. The van der Waals surface area contributed by atoms with Crippen LogP contribution in [-0.2, 0) is 4.79 Å². The van der Waals surface area contributed by atoms with Crippen LogP contribution in [0.3, 0.4) is 0 Å². The number of ether oxygens (including phenoxy) is 1. The fourth-order valence-corrected chi connectivity index (χ4v) is 1.67. The van der Waals surface area contributed by atoms with Crippen molar-refractivity contribution in [1.29, 1.82) is 0 Å². The molecule has 1 unspecified atom stereocenters. The van der Waals surface area contributed by atoms with Crippen molar-refractivity contribution < 1.29 is 14.6 Å². The molecule has 5 heteroatoms. The number of nitrogens with one attached hydrogen (secondary N) is 1. The number of phenols is 1. The number of rotatable bonds is 6. The number of carbonyl (C=O) groups is 1. The number of amides is 1. The zero-order chi connectivity index (χ0) is 13.0. The van der Waals surface area contributed by atoms with Gasteiger partial charge in [-0.1, -0.05) is 0 Å². The van der Waals surface area contributed by atoms with Crippen LogP contribution in [0.4, 0.5) is 0 Å². The largest absolute Gasteiger partial charge is 0.508 e. The van der Waals surface area contributed by atoms with E-state index in [1.807, 2.05) is 0 Å². The number of carbonyl (C=O) groups excluding carboxylic acids is 1. The van der Waals surface area contributed by atoms with Crippen LogP contribution >= 0.6 is 0 Å². The van der Waals surface area contributed by atoms with Crippen molar-refractivity contribution in [2.24, 2.45) is 11.7 Å². The second-order valence-corrected chi connectivity index (χ2v) is 4.59. The Hall–Kier alpha value is -1.75. The summed E-state index contributed by atoms with van der Waals surface area (Å²) in [5.74, 6) is 1.11. The van der Waals surface area contributed by atoms with Crippen LogP contribution in [-0.4, -0.2) is 30.2 Å². The van der Waals surface area contributed by atoms with Crippen LogP contribution in [0.5, 0.6) is 11.5 Å². The average Bonchev–Trinajstić information content (AvgIpc) is 3.19. The Balaban J connectivity index is 1.66. The first kappa shape index (κ1) is 12.7. The Kier molecular flexibility index (Phi) is 4.04. The van der Waals surface area contributed by atoms with Gasteiger partial charge in [0.15, 0.2) is 6.61 Å². The number of phenolic OH excluding ortho intramolecular Hbond substituents is 1. The highest BCUT2D eigenvalue weighted by atomic mass is 16.5. The van der Waals surface area contributed by atoms with Gasteiger partial charge in [0.1, 0.15) is 11.5 Å². The van der Waals surface area contributed by atoms with E-state index < -0.39 is 0 Å². The summed E-state index contributed by atoms with van der Waals surface area (Å²) in [6.45, 7) is 0.463. The van der Waals surface area contributed by atoms with E-state index in [0.717, 1.165) is 0 Å². The van der Waals surface area contributed by atoms with Gasteiger partial charge in [-0.15, -0.1) is 0 Å². The maximum atomic E-state index is 11.5. The molecule has 1 atom stereocenters. The van der Waals surface area contributed by atoms with Crippen molar-refractivity contribution in [3.63, 3.8) is 0 Å². The number of nitrogens with two attached hydrogens (primary N) is 1. The van der Waals surface area contributed by atoms with Crippen molar-refractivity contribution >= 4 is 5.91 Å². The summed E-state index contributed by atoms with van der Waals surface area (Å²) in [5.41, 5.74) is 5.87. The van der Waals surface area contributed by atoms with Gasteiger partial charge in [-0.25, -0.2) is 0 Å². The Labute approximate surface area is 106 Å². The summed E-state index contributed by atoms with van der Waals surface area (Å²) in [6, 6.07) is 6.30. The number of hydrogen-bond acceptors (Lipinski definition) is 4. The normalized spacial score (nSPS) is 16.1. The number of aromatic hydroxyl groups is 1. The molecule has 1 aliphatic rings. The molecule has 4 N–H and O–H groups in total. The molecule has 5 nitrogen and oxygen atoms in total. The fourth-order valence-electron chi connectivity index (χ4n) is 1.67. The van der Waals surface area contributed by atoms with Crippen LogP contribution in [0.2, 0.25) is 0 Å². The van der Waals surface area contributed by atoms with Crippen LogP contribution in [0.25, 0.3) is 0 Å². The lowest BCUT2D eigenvalue weighted by atomic mass is 10.2. The highest BCUT2D eigenvalue weighted by Crippen LogP contribution is 2.31. The predicted octanol–water partition coefficient (Wildman–Crippen LogP) is 0.624. The average molecular weight is 250 g/mol. The lowest BCUT2D eigenvalue weighted by molar-refractivity contribution is -0.123. The molecule has 0 radical (unpaired) electrons. The SMILES string of the molecule is NC(CNC(=O)COc1ccc(O)cc1)C1CC1. The van der Waals surface area contributed by atoms with Gasteiger partial charge < -0.3 is 20.9 Å². The van der Waals surface area contributed by atoms with Crippen molar-refractivity contribution in [1.82, 2.24) is 5.32 Å². The lowest BCUT2D eigenvalue weighted by Crippen LogP contribution is -2.40. The van der Waals surface area contributed by atoms with Crippen LogP contribution < -0.4 is 15.8 Å². The maximum Gasteiger partial charge on any atom is 0.257 e. The molecule has 0 saturated heterocycles. The van der Waals surface area contributed by atoms with Crippen LogP contribution in [0, 0.1) is 5.92 Å². The zero-order valence-electron chi connectivity index (χ0n) is 10.1. The molecule has 1 fully saturated rings. The predicted molar refractivity (Wildman–Crippen MR) is 67.3 cm³/mol. The van der Waals surface area contributed by atoms with Gasteiger partial charge in [-0.3, -0.25) is 4.79 Å². The molecule has 0 aliphatic heterocycles. The molecule has 98 valence electrons. The minimum Gasteiger partial charge on any atom is -0.508 e. The Morgan fingerprint density at radius 2 is 2.11 bits per heavy atom. The van der Waals surface area contributed by atoms with Crippen LogP contribution in [0.15, 0.2) is 24.3 Å². The summed E-state index contributed by atoms with van der Waals surface area (Å²) >= 11 is 0. The molecule has 2 rings (SSSR count). The molecular formula is C13H18N2O3. The highest BCUT2D eigenvalue weighted by Gasteiger charge is 2.28. The molecule has 0 heterocycles. The number of hydrogen-bond donors (Lipinski definition) is 3. The van der Waals surface area contributed by atoms with E-state index in [9.17, 15) is 4.79 Å². The van der Waals surface area contributed by atoms with E-state index >= 15 is 0 Å². The first-order valence-corrected chi connectivity index (χ1v) is 6.09. The van der Waals surface area contributed by atoms with E-state index in [0.29, 0.717) is 18.2 Å².